The summed E-state index contributed by atoms with van der Waals surface area (Å²) >= 11 is 6.07. The van der Waals surface area contributed by atoms with Crippen LogP contribution in [0.3, 0.4) is 0 Å². The van der Waals surface area contributed by atoms with Crippen molar-refractivity contribution < 1.29 is 23.3 Å². The summed E-state index contributed by atoms with van der Waals surface area (Å²) in [5, 5.41) is 8.73. The van der Waals surface area contributed by atoms with Gasteiger partial charge >= 0.3 is 14.5 Å². The van der Waals surface area contributed by atoms with Gasteiger partial charge in [-0.3, -0.25) is 9.80 Å². The number of nitrogen functional groups attached to an aromatic ring is 1. The molecule has 0 amide bonds. The summed E-state index contributed by atoms with van der Waals surface area (Å²) < 4.78 is 24.7. The SMILES string of the molecule is CC1CC(COP(NC2(C(=O)OC3CC3)CCC2)Oc2ccc(Cl)cc2)OC1N1CNc2c(N(C)N)nc(N)nc21. The van der Waals surface area contributed by atoms with Crippen LogP contribution < -0.4 is 36.4 Å². The number of hydrazine groups is 1. The molecule has 2 aliphatic carbocycles. The van der Waals surface area contributed by atoms with E-state index in [-0.39, 0.29) is 42.9 Å². The van der Waals surface area contributed by atoms with Crippen molar-refractivity contribution in [1.82, 2.24) is 15.1 Å². The molecule has 15 heteroatoms. The van der Waals surface area contributed by atoms with Crippen LogP contribution in [0, 0.1) is 5.92 Å². The number of nitrogens with one attached hydrogen (secondary N) is 2. The highest BCUT2D eigenvalue weighted by atomic mass is 35.5. The van der Waals surface area contributed by atoms with Crippen LogP contribution >= 0.6 is 20.1 Å². The van der Waals surface area contributed by atoms with Gasteiger partial charge in [-0.1, -0.05) is 18.5 Å². The Hall–Kier alpha value is -2.67. The van der Waals surface area contributed by atoms with Crippen LogP contribution in [-0.4, -0.2) is 60.2 Å². The average molecular weight is 607 g/mol. The lowest BCUT2D eigenvalue weighted by Crippen LogP contribution is -2.56. The molecule has 6 rings (SSSR count). The molecule has 0 radical (unpaired) electrons. The lowest BCUT2D eigenvalue weighted by Gasteiger charge is -2.41. The highest BCUT2D eigenvalue weighted by Gasteiger charge is 2.50. The first kappa shape index (κ1) is 28.4. The molecule has 0 bridgehead atoms. The summed E-state index contributed by atoms with van der Waals surface area (Å²) in [4.78, 5) is 23.8. The number of rotatable bonds is 11. The number of anilines is 4. The quantitative estimate of drug-likeness (QED) is 0.127. The fraction of sp³-hybridized carbons (Fsp3) is 0.577. The summed E-state index contributed by atoms with van der Waals surface area (Å²) in [7, 11) is 0.00485. The van der Waals surface area contributed by atoms with Crippen LogP contribution in [0.4, 0.5) is 23.3 Å². The molecule has 222 valence electrons. The molecule has 3 fully saturated rings. The minimum Gasteiger partial charge on any atom is -0.461 e. The maximum atomic E-state index is 13.0. The number of aromatic nitrogens is 2. The third-order valence-corrected chi connectivity index (χ3v) is 9.38. The molecule has 6 N–H and O–H groups in total. The van der Waals surface area contributed by atoms with E-state index in [9.17, 15) is 4.79 Å². The van der Waals surface area contributed by atoms with Gasteiger partial charge in [-0.15, -0.1) is 0 Å². The van der Waals surface area contributed by atoms with Crippen LogP contribution in [0.15, 0.2) is 24.3 Å². The Labute approximate surface area is 245 Å². The third-order valence-electron chi connectivity index (χ3n) is 7.76. The number of fused-ring (bicyclic) bond motifs is 1. The van der Waals surface area contributed by atoms with E-state index in [0.717, 1.165) is 25.7 Å². The number of nitrogens with zero attached hydrogens (tertiary/aromatic N) is 4. The molecule has 4 atom stereocenters. The number of halogens is 1. The number of ether oxygens (including phenoxy) is 2. The largest absolute Gasteiger partial charge is 0.461 e. The number of nitrogens with two attached hydrogens (primary N) is 2. The first-order valence-corrected chi connectivity index (χ1v) is 15.4. The Balaban J connectivity index is 1.13. The minimum absolute atomic E-state index is 0.0311. The summed E-state index contributed by atoms with van der Waals surface area (Å²) in [6.07, 6.45) is 4.47. The zero-order chi connectivity index (χ0) is 28.7. The van der Waals surface area contributed by atoms with Crippen LogP contribution in [0.25, 0.3) is 0 Å². The first-order chi connectivity index (χ1) is 19.7. The lowest BCUT2D eigenvalue weighted by atomic mass is 9.78. The second-order valence-electron chi connectivity index (χ2n) is 11.1. The zero-order valence-corrected chi connectivity index (χ0v) is 24.7. The van der Waals surface area contributed by atoms with E-state index in [1.54, 1.807) is 31.3 Å². The molecule has 1 aromatic carbocycles. The van der Waals surface area contributed by atoms with E-state index in [4.69, 9.17) is 41.7 Å². The van der Waals surface area contributed by atoms with Crippen molar-refractivity contribution in [1.29, 1.82) is 0 Å². The Morgan fingerprint density at radius 2 is 2.07 bits per heavy atom. The smallest absolute Gasteiger partial charge is 0.327 e. The molecule has 1 aromatic heterocycles. The van der Waals surface area contributed by atoms with Crippen molar-refractivity contribution in [3.63, 3.8) is 0 Å². The number of esters is 1. The van der Waals surface area contributed by atoms with Crippen LogP contribution in [0.5, 0.6) is 5.75 Å². The van der Waals surface area contributed by atoms with Gasteiger partial charge in [-0.25, -0.2) is 10.9 Å². The van der Waals surface area contributed by atoms with E-state index in [1.165, 1.54) is 5.01 Å². The fourth-order valence-corrected chi connectivity index (χ4v) is 6.84. The van der Waals surface area contributed by atoms with Gasteiger partial charge in [0.15, 0.2) is 11.6 Å². The van der Waals surface area contributed by atoms with Gasteiger partial charge in [-0.2, -0.15) is 9.97 Å². The Morgan fingerprint density at radius 3 is 2.73 bits per heavy atom. The van der Waals surface area contributed by atoms with E-state index >= 15 is 0 Å². The predicted octanol–water partition coefficient (Wildman–Crippen LogP) is 3.50. The number of hydrogen-bond donors (Lipinski definition) is 4. The van der Waals surface area contributed by atoms with Crippen LogP contribution in [-0.2, 0) is 18.8 Å². The number of carbonyl (C=O) groups is 1. The molecule has 2 aromatic rings. The zero-order valence-electron chi connectivity index (χ0n) is 23.1. The molecule has 4 aliphatic rings. The van der Waals surface area contributed by atoms with Gasteiger partial charge in [0.05, 0.1) is 19.4 Å². The maximum absolute atomic E-state index is 13.0. The monoisotopic (exact) mass is 606 g/mol. The van der Waals surface area contributed by atoms with Crippen molar-refractivity contribution in [2.24, 2.45) is 11.8 Å². The molecule has 41 heavy (non-hydrogen) atoms. The summed E-state index contributed by atoms with van der Waals surface area (Å²) in [5.41, 5.74) is 5.90. The van der Waals surface area contributed by atoms with Crippen molar-refractivity contribution >= 4 is 49.4 Å². The van der Waals surface area contributed by atoms with E-state index < -0.39 is 14.1 Å². The average Bonchev–Trinajstić information content (AvgIpc) is 3.51. The fourth-order valence-electron chi connectivity index (χ4n) is 5.27. The molecule has 13 nitrogen and oxygen atoms in total. The van der Waals surface area contributed by atoms with Crippen molar-refractivity contribution in [2.45, 2.75) is 69.4 Å². The van der Waals surface area contributed by atoms with Gasteiger partial charge < -0.3 is 34.5 Å². The first-order valence-electron chi connectivity index (χ1n) is 13.9. The second kappa shape index (κ2) is 11.5. The highest BCUT2D eigenvalue weighted by molar-refractivity contribution is 7.45. The lowest BCUT2D eigenvalue weighted by molar-refractivity contribution is -0.156. The van der Waals surface area contributed by atoms with Gasteiger partial charge in [-0.05, 0) is 62.8 Å². The highest BCUT2D eigenvalue weighted by Crippen LogP contribution is 2.47. The summed E-state index contributed by atoms with van der Waals surface area (Å²) in [6.45, 7) is 2.89. The molecule has 2 saturated carbocycles. The van der Waals surface area contributed by atoms with Crippen LogP contribution in [0.1, 0.15) is 45.4 Å². The third kappa shape index (κ3) is 6.11. The number of carbonyl (C=O) groups excluding carboxylic acids is 1. The molecule has 3 heterocycles. The molecular weight excluding hydrogens is 571 g/mol. The maximum Gasteiger partial charge on any atom is 0.327 e. The normalized spacial score (nSPS) is 25.2. The minimum atomic E-state index is -1.70. The molecule has 1 saturated heterocycles. The van der Waals surface area contributed by atoms with Gasteiger partial charge in [0.1, 0.15) is 29.3 Å². The van der Waals surface area contributed by atoms with E-state index in [0.29, 0.717) is 47.6 Å². The standard InChI is InChI=1S/C26H36ClN8O5P/c1-15-12-19(38-23(15)35-14-30-20-21(34(2)29)31-25(28)32-22(20)35)13-37-41(40-18-6-4-16(27)5-7-18)33-26(10-3-11-26)24(36)39-17-8-9-17/h4-7,15,17,19,23,30,33H,3,8-14,29H2,1-2H3,(H2,28,31,32). The molecular formula is C26H36ClN8O5P. The summed E-state index contributed by atoms with van der Waals surface area (Å²) in [5.74, 6) is 7.81. The van der Waals surface area contributed by atoms with Gasteiger partial charge in [0.25, 0.3) is 0 Å². The molecule has 2 aliphatic heterocycles. The second-order valence-corrected chi connectivity index (χ2v) is 12.7. The predicted molar refractivity (Wildman–Crippen MR) is 156 cm³/mol. The molecule has 0 spiro atoms. The van der Waals surface area contributed by atoms with E-state index in [1.807, 2.05) is 4.90 Å². The molecule has 4 unspecified atom stereocenters. The summed E-state index contributed by atoms with van der Waals surface area (Å²) in [6, 6.07) is 7.06. The topological polar surface area (TPSA) is 162 Å². The van der Waals surface area contributed by atoms with E-state index in [2.05, 4.69) is 27.3 Å². The Morgan fingerprint density at radius 1 is 1.32 bits per heavy atom. The Bertz CT molecular complexity index is 1270. The van der Waals surface area contributed by atoms with Gasteiger partial charge in [0, 0.05) is 18.0 Å². The van der Waals surface area contributed by atoms with Crippen molar-refractivity contribution in [3.8, 4) is 5.75 Å². The van der Waals surface area contributed by atoms with Crippen molar-refractivity contribution in [2.75, 3.05) is 41.3 Å². The Kier molecular flexibility index (Phi) is 8.01. The van der Waals surface area contributed by atoms with Crippen molar-refractivity contribution in [3.05, 3.63) is 29.3 Å². The number of benzene rings is 1. The van der Waals surface area contributed by atoms with Crippen LogP contribution in [0.2, 0.25) is 5.02 Å². The van der Waals surface area contributed by atoms with Gasteiger partial charge in [0.2, 0.25) is 5.95 Å². The number of hydrogen-bond acceptors (Lipinski definition) is 13.